The lowest BCUT2D eigenvalue weighted by atomic mass is 9.96. The molecule has 0 bridgehead atoms. The fourth-order valence-electron chi connectivity index (χ4n) is 8.55. The average molecular weight is 955 g/mol. The Morgan fingerprint density at radius 1 is 0.359 bits per heavy atom. The van der Waals surface area contributed by atoms with Crippen LogP contribution < -0.4 is 10.6 Å². The van der Waals surface area contributed by atoms with E-state index in [0.29, 0.717) is 10.6 Å². The Kier molecular flexibility index (Phi) is 12.2. The summed E-state index contributed by atoms with van der Waals surface area (Å²) in [6.45, 7) is 8.19. The Morgan fingerprint density at radius 3 is 0.969 bits per heavy atom. The van der Waals surface area contributed by atoms with Crippen LogP contribution in [0.25, 0.3) is 93.2 Å². The number of hydrogen-bond acceptors (Lipinski definition) is 10. The minimum atomic E-state index is -3.78. The molecule has 322 valence electrons. The molecule has 0 aliphatic rings. The van der Waals surface area contributed by atoms with E-state index in [2.05, 4.69) is 133 Å². The maximum Gasteiger partial charge on any atom is 0.362 e. The maximum atomic E-state index is 14.9. The van der Waals surface area contributed by atoms with Crippen molar-refractivity contribution in [2.45, 2.75) is 27.7 Å². The number of hydrogen-bond donors (Lipinski definition) is 0. The predicted molar refractivity (Wildman–Crippen MR) is 276 cm³/mol. The second-order valence-corrected chi connectivity index (χ2v) is 23.3. The van der Waals surface area contributed by atoms with Gasteiger partial charge in [0.05, 0.1) is 46.8 Å². The molecular weight excluding hydrogens is 911 g/mol. The first-order valence-corrected chi connectivity index (χ1v) is 27.7. The van der Waals surface area contributed by atoms with E-state index in [1.807, 2.05) is 39.8 Å². The molecule has 10 aromatic rings. The molecule has 12 heteroatoms. The summed E-state index contributed by atoms with van der Waals surface area (Å²) in [4.78, 5) is 7.45. The number of thiophene rings is 4. The monoisotopic (exact) mass is 954 g/mol. The molecule has 0 radical (unpaired) electrons. The second-order valence-electron chi connectivity index (χ2n) is 15.0. The maximum absolute atomic E-state index is 14.9. The number of rotatable bonds is 15. The topological polar surface area (TPSA) is 71.1 Å². The van der Waals surface area contributed by atoms with Gasteiger partial charge in [-0.3, -0.25) is 9.13 Å². The molecule has 0 aliphatic heterocycles. The highest BCUT2D eigenvalue weighted by Gasteiger charge is 2.36. The molecule has 10 rings (SSSR count). The SMILES string of the molecule is CCOP(=O)(OCC)c1cc(-c2cc(P(=O)(OCC)OCC)c(-c3ccc(-c4c5ccccc5cc5ccccc45)s3)s2)sc1-c1ccc(-c2c3ccccc3cc3ccccc23)s1. The van der Waals surface area contributed by atoms with Gasteiger partial charge in [-0.1, -0.05) is 97.1 Å². The van der Waals surface area contributed by atoms with Gasteiger partial charge in [0, 0.05) is 40.4 Å². The Morgan fingerprint density at radius 2 is 0.656 bits per heavy atom. The van der Waals surface area contributed by atoms with Gasteiger partial charge < -0.3 is 18.1 Å². The van der Waals surface area contributed by atoms with Gasteiger partial charge in [-0.15, -0.1) is 45.3 Å². The van der Waals surface area contributed by atoms with Crippen LogP contribution in [0.15, 0.2) is 146 Å². The predicted octanol–water partition coefficient (Wildman–Crippen LogP) is 16.7. The summed E-state index contributed by atoms with van der Waals surface area (Å²) >= 11 is 6.41. The standard InChI is InChI=1S/C52H44O6P2S4/c1-5-55-59(53,56-6-2)41-31-47(63-51(41)45-27-25-43(61-45)49-37-21-13-9-17-33(37)29-34-18-10-14-22-38(34)49)48-32-42(60(54,57-7-3)58-8-4)52(64-48)46-28-26-44(62-46)50-39-23-15-11-19-35(39)30-36-20-12-16-24-40(36)50/h9-32H,5-8H2,1-4H3. The minimum absolute atomic E-state index is 0.214. The van der Waals surface area contributed by atoms with E-state index in [1.54, 1.807) is 45.3 Å². The van der Waals surface area contributed by atoms with Gasteiger partial charge in [0.25, 0.3) is 0 Å². The Bertz CT molecular complexity index is 3100. The number of fused-ring (bicyclic) bond motifs is 4. The molecule has 4 heterocycles. The summed E-state index contributed by atoms with van der Waals surface area (Å²) in [5.74, 6) is 0. The lowest BCUT2D eigenvalue weighted by Gasteiger charge is -2.17. The van der Waals surface area contributed by atoms with E-state index >= 15 is 0 Å². The van der Waals surface area contributed by atoms with E-state index in [1.165, 1.54) is 54.2 Å². The van der Waals surface area contributed by atoms with Gasteiger partial charge in [-0.05, 0) is 119 Å². The van der Waals surface area contributed by atoms with Crippen LogP contribution >= 0.6 is 60.5 Å². The summed E-state index contributed by atoms with van der Waals surface area (Å²) in [6, 6.07) is 51.0. The zero-order chi connectivity index (χ0) is 44.0. The van der Waals surface area contributed by atoms with Crippen LogP contribution in [0.3, 0.4) is 0 Å². The van der Waals surface area contributed by atoms with Gasteiger partial charge in [-0.25, -0.2) is 0 Å². The molecule has 0 saturated heterocycles. The first kappa shape index (κ1) is 43.4. The summed E-state index contributed by atoms with van der Waals surface area (Å²) in [6.07, 6.45) is 0. The van der Waals surface area contributed by atoms with Crippen LogP contribution in [0.5, 0.6) is 0 Å². The van der Waals surface area contributed by atoms with Gasteiger partial charge >= 0.3 is 15.2 Å². The third-order valence-corrected chi connectivity index (χ3v) is 20.8. The fraction of sp³-hybridized carbons (Fsp3) is 0.154. The van der Waals surface area contributed by atoms with Crippen LogP contribution in [0.2, 0.25) is 0 Å². The zero-order valence-corrected chi connectivity index (χ0v) is 40.7. The van der Waals surface area contributed by atoms with Crippen LogP contribution in [0, 0.1) is 0 Å². The molecule has 64 heavy (non-hydrogen) atoms. The molecule has 6 nitrogen and oxygen atoms in total. The summed E-state index contributed by atoms with van der Waals surface area (Å²) in [7, 11) is -7.57. The van der Waals surface area contributed by atoms with Crippen LogP contribution in [0.4, 0.5) is 0 Å². The van der Waals surface area contributed by atoms with E-state index in [0.717, 1.165) is 39.0 Å². The molecule has 0 amide bonds. The van der Waals surface area contributed by atoms with Crippen molar-refractivity contribution < 1.29 is 27.2 Å². The van der Waals surface area contributed by atoms with Crippen LogP contribution in [-0.2, 0) is 27.2 Å². The normalized spacial score (nSPS) is 12.4. The van der Waals surface area contributed by atoms with Crippen molar-refractivity contribution in [2.75, 3.05) is 26.4 Å². The molecule has 0 spiro atoms. The van der Waals surface area contributed by atoms with Gasteiger partial charge in [-0.2, -0.15) is 0 Å². The Hall–Kier alpha value is -4.54. The largest absolute Gasteiger partial charge is 0.362 e. The molecule has 0 N–H and O–H groups in total. The molecule has 6 aromatic carbocycles. The quantitative estimate of drug-likeness (QED) is 0.0753. The van der Waals surface area contributed by atoms with Crippen molar-refractivity contribution in [1.29, 1.82) is 0 Å². The highest BCUT2D eigenvalue weighted by molar-refractivity contribution is 7.64. The van der Waals surface area contributed by atoms with Crippen molar-refractivity contribution in [3.05, 3.63) is 146 Å². The number of benzene rings is 6. The van der Waals surface area contributed by atoms with Crippen molar-refractivity contribution in [2.24, 2.45) is 0 Å². The summed E-state index contributed by atoms with van der Waals surface area (Å²) in [5, 5.41) is 10.4. The van der Waals surface area contributed by atoms with Crippen molar-refractivity contribution in [1.82, 2.24) is 0 Å². The van der Waals surface area contributed by atoms with Crippen molar-refractivity contribution >= 4 is 114 Å². The van der Waals surface area contributed by atoms with E-state index < -0.39 is 15.2 Å². The van der Waals surface area contributed by atoms with E-state index in [4.69, 9.17) is 18.1 Å². The zero-order valence-electron chi connectivity index (χ0n) is 35.7. The lowest BCUT2D eigenvalue weighted by molar-refractivity contribution is 0.229. The molecule has 4 aromatic heterocycles. The molecule has 0 aliphatic carbocycles. The first-order valence-electron chi connectivity index (χ1n) is 21.3. The van der Waals surface area contributed by atoms with E-state index in [-0.39, 0.29) is 26.4 Å². The second kappa shape index (κ2) is 18.0. The summed E-state index contributed by atoms with van der Waals surface area (Å²) < 4.78 is 54.1. The fourth-order valence-corrected chi connectivity index (χ4v) is 17.8. The third kappa shape index (κ3) is 7.78. The van der Waals surface area contributed by atoms with Crippen LogP contribution in [-0.4, -0.2) is 26.4 Å². The molecule has 0 atom stereocenters. The first-order chi connectivity index (χ1) is 31.3. The highest BCUT2D eigenvalue weighted by atomic mass is 32.1. The molecular formula is C52H44O6P2S4. The van der Waals surface area contributed by atoms with Gasteiger partial charge in [0.1, 0.15) is 0 Å². The minimum Gasteiger partial charge on any atom is -0.305 e. The average Bonchev–Trinajstić information content (AvgIpc) is 4.14. The summed E-state index contributed by atoms with van der Waals surface area (Å²) in [5.41, 5.74) is 2.34. The Labute approximate surface area is 388 Å². The molecule has 0 fully saturated rings. The van der Waals surface area contributed by atoms with Gasteiger partial charge in [0.15, 0.2) is 0 Å². The van der Waals surface area contributed by atoms with Crippen molar-refractivity contribution in [3.8, 4) is 50.1 Å². The lowest BCUT2D eigenvalue weighted by Crippen LogP contribution is -2.11. The third-order valence-electron chi connectivity index (χ3n) is 11.1. The Balaban J connectivity index is 1.15. The highest BCUT2D eigenvalue weighted by Crippen LogP contribution is 2.57. The van der Waals surface area contributed by atoms with Crippen LogP contribution in [0.1, 0.15) is 27.7 Å². The van der Waals surface area contributed by atoms with Crippen molar-refractivity contribution in [3.63, 3.8) is 0 Å². The smallest absolute Gasteiger partial charge is 0.305 e. The molecule has 0 saturated carbocycles. The van der Waals surface area contributed by atoms with Gasteiger partial charge in [0.2, 0.25) is 0 Å². The molecule has 0 unspecified atom stereocenters. The van der Waals surface area contributed by atoms with E-state index in [9.17, 15) is 9.13 Å².